The molecule has 1 fully saturated rings. The fraction of sp³-hybridized carbons (Fsp3) is 0.588. The number of amides is 1. The Kier molecular flexibility index (Phi) is 5.37. The minimum atomic E-state index is -0.489. The molecule has 0 saturated carbocycles. The highest BCUT2D eigenvalue weighted by Gasteiger charge is 2.30. The number of morpholine rings is 1. The number of benzene rings is 1. The van der Waals surface area contributed by atoms with Gasteiger partial charge in [-0.1, -0.05) is 44.2 Å². The zero-order chi connectivity index (χ0) is 15.4. The van der Waals surface area contributed by atoms with Gasteiger partial charge in [-0.05, 0) is 24.3 Å². The van der Waals surface area contributed by atoms with E-state index in [2.05, 4.69) is 43.0 Å². The second-order valence-electron chi connectivity index (χ2n) is 6.32. The number of nitrogens with zero attached hydrogens (tertiary/aromatic N) is 1. The molecule has 2 unspecified atom stereocenters. The molecule has 21 heavy (non-hydrogen) atoms. The van der Waals surface area contributed by atoms with Crippen molar-refractivity contribution in [2.45, 2.75) is 38.9 Å². The highest BCUT2D eigenvalue weighted by atomic mass is 16.5. The third-order valence-corrected chi connectivity index (χ3v) is 4.14. The van der Waals surface area contributed by atoms with Gasteiger partial charge in [0.15, 0.2) is 0 Å². The molecule has 0 aliphatic carbocycles. The monoisotopic (exact) mass is 290 g/mol. The van der Waals surface area contributed by atoms with Crippen LogP contribution in [0.4, 0.5) is 0 Å². The van der Waals surface area contributed by atoms with Crippen LogP contribution in [0.1, 0.15) is 32.3 Å². The van der Waals surface area contributed by atoms with Crippen LogP contribution in [0.3, 0.4) is 0 Å². The van der Waals surface area contributed by atoms with Gasteiger partial charge < -0.3 is 10.5 Å². The first kappa shape index (κ1) is 16.0. The first-order chi connectivity index (χ1) is 9.97. The summed E-state index contributed by atoms with van der Waals surface area (Å²) in [6, 6.07) is 10.6. The van der Waals surface area contributed by atoms with Crippen molar-refractivity contribution < 1.29 is 9.53 Å². The van der Waals surface area contributed by atoms with Gasteiger partial charge in [-0.3, -0.25) is 9.69 Å². The first-order valence-corrected chi connectivity index (χ1v) is 7.69. The average molecular weight is 290 g/mol. The maximum Gasteiger partial charge on any atom is 0.247 e. The van der Waals surface area contributed by atoms with Crippen LogP contribution in [0, 0.1) is 5.92 Å². The lowest BCUT2D eigenvalue weighted by atomic mass is 9.87. The molecule has 1 heterocycles. The van der Waals surface area contributed by atoms with Gasteiger partial charge in [0.05, 0.1) is 6.10 Å². The fourth-order valence-corrected chi connectivity index (χ4v) is 3.02. The van der Waals surface area contributed by atoms with Crippen LogP contribution in [-0.2, 0) is 9.53 Å². The van der Waals surface area contributed by atoms with Crippen LogP contribution in [0.2, 0.25) is 0 Å². The van der Waals surface area contributed by atoms with E-state index in [0.29, 0.717) is 18.4 Å². The Morgan fingerprint density at radius 3 is 2.57 bits per heavy atom. The molecule has 1 aliphatic rings. The van der Waals surface area contributed by atoms with Crippen molar-refractivity contribution in [3.8, 4) is 0 Å². The molecule has 1 aromatic rings. The van der Waals surface area contributed by atoms with Crippen molar-refractivity contribution in [1.82, 2.24) is 4.90 Å². The van der Waals surface area contributed by atoms with Gasteiger partial charge in [0.25, 0.3) is 0 Å². The van der Waals surface area contributed by atoms with Crippen LogP contribution in [0.5, 0.6) is 0 Å². The van der Waals surface area contributed by atoms with Gasteiger partial charge in [-0.25, -0.2) is 0 Å². The molecule has 1 saturated heterocycles. The minimum absolute atomic E-state index is 0.0415. The molecule has 3 atom stereocenters. The van der Waals surface area contributed by atoms with Crippen molar-refractivity contribution in [2.24, 2.45) is 11.7 Å². The number of primary amides is 1. The predicted octanol–water partition coefficient (Wildman–Crippen LogP) is 2.00. The van der Waals surface area contributed by atoms with Crippen molar-refractivity contribution in [2.75, 3.05) is 19.6 Å². The van der Waals surface area contributed by atoms with Crippen LogP contribution in [-0.4, -0.2) is 42.6 Å². The van der Waals surface area contributed by atoms with Gasteiger partial charge in [0.2, 0.25) is 5.91 Å². The summed E-state index contributed by atoms with van der Waals surface area (Å²) < 4.78 is 5.61. The molecule has 4 heteroatoms. The largest absolute Gasteiger partial charge is 0.367 e. The molecule has 116 valence electrons. The Hall–Kier alpha value is -1.39. The first-order valence-electron chi connectivity index (χ1n) is 7.69. The Morgan fingerprint density at radius 1 is 1.33 bits per heavy atom. The van der Waals surface area contributed by atoms with Gasteiger partial charge in [-0.2, -0.15) is 0 Å². The lowest BCUT2D eigenvalue weighted by molar-refractivity contribution is -0.142. The summed E-state index contributed by atoms with van der Waals surface area (Å²) in [5.41, 5.74) is 6.75. The van der Waals surface area contributed by atoms with E-state index in [-0.39, 0.29) is 12.0 Å². The lowest BCUT2D eigenvalue weighted by Crippen LogP contribution is -2.52. The summed E-state index contributed by atoms with van der Waals surface area (Å²) >= 11 is 0. The Labute approximate surface area is 127 Å². The Balaban J connectivity index is 2.08. The van der Waals surface area contributed by atoms with E-state index in [4.69, 9.17) is 10.5 Å². The van der Waals surface area contributed by atoms with Crippen LogP contribution < -0.4 is 5.73 Å². The quantitative estimate of drug-likeness (QED) is 0.902. The molecule has 2 N–H and O–H groups in total. The van der Waals surface area contributed by atoms with E-state index in [1.165, 1.54) is 5.56 Å². The summed E-state index contributed by atoms with van der Waals surface area (Å²) in [4.78, 5) is 13.7. The molecule has 0 spiro atoms. The summed E-state index contributed by atoms with van der Waals surface area (Å²) in [5.74, 6) is 0.620. The average Bonchev–Trinajstić information content (AvgIpc) is 2.44. The maximum atomic E-state index is 11.4. The molecular formula is C17H26N2O2. The van der Waals surface area contributed by atoms with Gasteiger partial charge in [0, 0.05) is 19.6 Å². The zero-order valence-electron chi connectivity index (χ0n) is 13.2. The lowest BCUT2D eigenvalue weighted by Gasteiger charge is -2.38. The third-order valence-electron chi connectivity index (χ3n) is 4.14. The van der Waals surface area contributed by atoms with Crippen molar-refractivity contribution >= 4 is 5.91 Å². The van der Waals surface area contributed by atoms with Crippen molar-refractivity contribution in [1.29, 1.82) is 0 Å². The normalized spacial score (nSPS) is 25.0. The van der Waals surface area contributed by atoms with Crippen LogP contribution >= 0.6 is 0 Å². The summed E-state index contributed by atoms with van der Waals surface area (Å²) in [6.07, 6.45) is -0.447. The number of ether oxygens (including phenoxy) is 1. The standard InChI is InChI=1S/C17H26N2O2/c1-12(2)15(14-7-5-4-6-8-14)10-19-9-13(3)21-16(11-19)17(18)20/h4-8,12-13,15-16H,9-11H2,1-3H3,(H2,18,20)/t13-,15?,16?/m1/s1. The minimum Gasteiger partial charge on any atom is -0.367 e. The van der Waals surface area contributed by atoms with Crippen LogP contribution in [0.25, 0.3) is 0 Å². The highest BCUT2D eigenvalue weighted by molar-refractivity contribution is 5.79. The predicted molar refractivity (Wildman–Crippen MR) is 84.0 cm³/mol. The van der Waals surface area contributed by atoms with Gasteiger partial charge in [0.1, 0.15) is 6.10 Å². The van der Waals surface area contributed by atoms with Crippen molar-refractivity contribution in [3.05, 3.63) is 35.9 Å². The number of hydrogen-bond donors (Lipinski definition) is 1. The van der Waals surface area contributed by atoms with E-state index in [0.717, 1.165) is 13.1 Å². The van der Waals surface area contributed by atoms with E-state index in [1.54, 1.807) is 0 Å². The number of carbonyl (C=O) groups excluding carboxylic acids is 1. The SMILES string of the molecule is CC(C)C(CN1CC(C(N)=O)O[C@H](C)C1)c1ccccc1. The Morgan fingerprint density at radius 2 is 2.00 bits per heavy atom. The smallest absolute Gasteiger partial charge is 0.247 e. The molecule has 0 bridgehead atoms. The van der Waals surface area contributed by atoms with E-state index in [1.807, 2.05) is 13.0 Å². The van der Waals surface area contributed by atoms with Crippen LogP contribution in [0.15, 0.2) is 30.3 Å². The molecule has 0 aromatic heterocycles. The second kappa shape index (κ2) is 7.05. The molecular weight excluding hydrogens is 264 g/mol. The number of rotatable bonds is 5. The Bertz CT molecular complexity index is 461. The van der Waals surface area contributed by atoms with E-state index >= 15 is 0 Å². The molecule has 0 radical (unpaired) electrons. The van der Waals surface area contributed by atoms with E-state index < -0.39 is 6.10 Å². The summed E-state index contributed by atoms with van der Waals surface area (Å²) in [6.45, 7) is 8.85. The fourth-order valence-electron chi connectivity index (χ4n) is 3.02. The molecule has 1 amide bonds. The maximum absolute atomic E-state index is 11.4. The number of nitrogens with two attached hydrogens (primary N) is 1. The molecule has 4 nitrogen and oxygen atoms in total. The molecule has 2 rings (SSSR count). The van der Waals surface area contributed by atoms with Gasteiger partial charge >= 0.3 is 0 Å². The summed E-state index contributed by atoms with van der Waals surface area (Å²) in [7, 11) is 0. The topological polar surface area (TPSA) is 55.6 Å². The summed E-state index contributed by atoms with van der Waals surface area (Å²) in [5, 5.41) is 0. The third kappa shape index (κ3) is 4.29. The van der Waals surface area contributed by atoms with Crippen molar-refractivity contribution in [3.63, 3.8) is 0 Å². The molecule has 1 aromatic carbocycles. The zero-order valence-corrected chi connectivity index (χ0v) is 13.2. The second-order valence-corrected chi connectivity index (χ2v) is 6.32. The number of carbonyl (C=O) groups is 1. The van der Waals surface area contributed by atoms with Gasteiger partial charge in [-0.15, -0.1) is 0 Å². The number of hydrogen-bond acceptors (Lipinski definition) is 3. The molecule has 1 aliphatic heterocycles. The van der Waals surface area contributed by atoms with E-state index in [9.17, 15) is 4.79 Å². The highest BCUT2D eigenvalue weighted by Crippen LogP contribution is 2.26.